The molecule has 0 saturated carbocycles. The largest absolute Gasteiger partial charge is 0.297 e. The van der Waals surface area contributed by atoms with E-state index < -0.39 is 5.60 Å². The molecule has 5 nitrogen and oxygen atoms in total. The maximum atomic E-state index is 11.3. The summed E-state index contributed by atoms with van der Waals surface area (Å²) in [6, 6.07) is 0. The molecule has 0 aliphatic carbocycles. The second-order valence-electron chi connectivity index (χ2n) is 3.81. The number of rotatable bonds is 4. The zero-order valence-electron chi connectivity index (χ0n) is 9.20. The molecule has 1 atom stereocenters. The van der Waals surface area contributed by atoms with Gasteiger partial charge < -0.3 is 0 Å². The first-order chi connectivity index (χ1) is 6.90. The molecule has 0 bridgehead atoms. The summed E-state index contributed by atoms with van der Waals surface area (Å²) in [6.07, 6.45) is 0.743. The molecule has 0 aromatic heterocycles. The van der Waals surface area contributed by atoms with Gasteiger partial charge in [-0.05, 0) is 20.3 Å². The molecule has 84 valence electrons. The van der Waals surface area contributed by atoms with Crippen LogP contribution in [0.5, 0.6) is 0 Å². The highest BCUT2D eigenvalue weighted by Crippen LogP contribution is 2.22. The van der Waals surface area contributed by atoms with Gasteiger partial charge >= 0.3 is 0 Å². The first-order valence-corrected chi connectivity index (χ1v) is 4.96. The molecule has 0 aromatic rings. The molecule has 1 unspecified atom stereocenters. The Labute approximate surface area is 88.3 Å². The number of Topliss-reactive ketones (excluding diaryl/α,β-unsaturated/α-hetero) is 1. The van der Waals surface area contributed by atoms with E-state index in [1.54, 1.807) is 13.8 Å². The van der Waals surface area contributed by atoms with E-state index >= 15 is 0 Å². The summed E-state index contributed by atoms with van der Waals surface area (Å²) < 4.78 is 0. The standard InChI is InChI=1S/C10H15NO4/c1-4-10(3,7(2)12)15-11-8(13)5-6-9(11)14/h4-6H2,1-3H3. The van der Waals surface area contributed by atoms with Crippen LogP contribution < -0.4 is 0 Å². The third-order valence-corrected chi connectivity index (χ3v) is 2.72. The van der Waals surface area contributed by atoms with Crippen molar-refractivity contribution in [3.8, 4) is 0 Å². The molecule has 2 amide bonds. The summed E-state index contributed by atoms with van der Waals surface area (Å²) in [5.41, 5.74) is -1.09. The Bertz CT molecular complexity index is 297. The van der Waals surface area contributed by atoms with E-state index in [9.17, 15) is 14.4 Å². The smallest absolute Gasteiger partial charge is 0.254 e. The molecule has 1 saturated heterocycles. The first kappa shape index (κ1) is 11.8. The van der Waals surface area contributed by atoms with Crippen molar-refractivity contribution in [3.05, 3.63) is 0 Å². The number of ketones is 1. The van der Waals surface area contributed by atoms with Gasteiger partial charge in [0.05, 0.1) is 0 Å². The molecule has 1 fully saturated rings. The van der Waals surface area contributed by atoms with Crippen LogP contribution in [0.1, 0.15) is 40.0 Å². The van der Waals surface area contributed by atoms with Crippen LogP contribution in [-0.2, 0) is 19.2 Å². The van der Waals surface area contributed by atoms with E-state index in [1.165, 1.54) is 6.92 Å². The molecular weight excluding hydrogens is 198 g/mol. The lowest BCUT2D eigenvalue weighted by Gasteiger charge is -2.28. The quantitative estimate of drug-likeness (QED) is 0.649. The number of carbonyl (C=O) groups is 3. The highest BCUT2D eigenvalue weighted by atomic mass is 16.7. The van der Waals surface area contributed by atoms with Crippen molar-refractivity contribution in [1.82, 2.24) is 5.06 Å². The van der Waals surface area contributed by atoms with Crippen molar-refractivity contribution >= 4 is 17.6 Å². The molecule has 1 rings (SSSR count). The average Bonchev–Trinajstić information content (AvgIpc) is 2.49. The van der Waals surface area contributed by atoms with Crippen molar-refractivity contribution in [3.63, 3.8) is 0 Å². The summed E-state index contributed by atoms with van der Waals surface area (Å²) >= 11 is 0. The number of hydroxylamine groups is 2. The lowest BCUT2D eigenvalue weighted by Crippen LogP contribution is -2.45. The highest BCUT2D eigenvalue weighted by Gasteiger charge is 2.39. The number of amides is 2. The van der Waals surface area contributed by atoms with Crippen molar-refractivity contribution in [2.45, 2.75) is 45.6 Å². The Hall–Kier alpha value is -1.23. The van der Waals surface area contributed by atoms with Gasteiger partial charge in [-0.25, -0.2) is 4.84 Å². The average molecular weight is 213 g/mol. The van der Waals surface area contributed by atoms with Crippen molar-refractivity contribution in [1.29, 1.82) is 0 Å². The summed E-state index contributed by atoms with van der Waals surface area (Å²) in [7, 11) is 0. The fourth-order valence-electron chi connectivity index (χ4n) is 1.24. The van der Waals surface area contributed by atoms with Gasteiger partial charge in [0.15, 0.2) is 11.4 Å². The van der Waals surface area contributed by atoms with Crippen molar-refractivity contribution in [2.24, 2.45) is 0 Å². The Morgan fingerprint density at radius 1 is 1.40 bits per heavy atom. The van der Waals surface area contributed by atoms with Crippen LogP contribution in [0.3, 0.4) is 0 Å². The summed E-state index contributed by atoms with van der Waals surface area (Å²) in [6.45, 7) is 4.73. The van der Waals surface area contributed by atoms with E-state index in [4.69, 9.17) is 4.84 Å². The minimum atomic E-state index is -1.09. The first-order valence-electron chi connectivity index (χ1n) is 4.96. The second-order valence-corrected chi connectivity index (χ2v) is 3.81. The Morgan fingerprint density at radius 3 is 2.20 bits per heavy atom. The highest BCUT2D eigenvalue weighted by molar-refractivity contribution is 6.01. The van der Waals surface area contributed by atoms with Crippen molar-refractivity contribution in [2.75, 3.05) is 0 Å². The van der Waals surface area contributed by atoms with Crippen LogP contribution in [0, 0.1) is 0 Å². The molecule has 5 heteroatoms. The predicted octanol–water partition coefficient (Wildman–Crippen LogP) is 0.825. The van der Waals surface area contributed by atoms with Crippen LogP contribution in [0.25, 0.3) is 0 Å². The zero-order valence-corrected chi connectivity index (χ0v) is 9.20. The number of hydrogen-bond donors (Lipinski definition) is 0. The van der Waals surface area contributed by atoms with Gasteiger partial charge in [0, 0.05) is 12.8 Å². The number of imide groups is 1. The third-order valence-electron chi connectivity index (χ3n) is 2.72. The zero-order chi connectivity index (χ0) is 11.6. The molecule has 0 radical (unpaired) electrons. The fourth-order valence-corrected chi connectivity index (χ4v) is 1.24. The van der Waals surface area contributed by atoms with Gasteiger partial charge in [-0.1, -0.05) is 6.92 Å². The molecular formula is C10H15NO4. The molecule has 0 spiro atoms. The molecule has 1 heterocycles. The molecule has 1 aliphatic rings. The molecule has 1 aliphatic heterocycles. The van der Waals surface area contributed by atoms with Crippen LogP contribution in [0.2, 0.25) is 0 Å². The van der Waals surface area contributed by atoms with Crippen LogP contribution >= 0.6 is 0 Å². The number of carbonyl (C=O) groups excluding carboxylic acids is 3. The second kappa shape index (κ2) is 4.10. The van der Waals surface area contributed by atoms with E-state index in [1.807, 2.05) is 0 Å². The fraction of sp³-hybridized carbons (Fsp3) is 0.700. The topological polar surface area (TPSA) is 63.7 Å². The Balaban J connectivity index is 2.79. The van der Waals surface area contributed by atoms with E-state index in [0.717, 1.165) is 5.06 Å². The minimum absolute atomic E-state index is 0.163. The third kappa shape index (κ3) is 2.23. The Kier molecular flexibility index (Phi) is 3.24. The number of nitrogens with zero attached hydrogens (tertiary/aromatic N) is 1. The summed E-state index contributed by atoms with van der Waals surface area (Å²) in [5.74, 6) is -0.945. The number of hydrogen-bond acceptors (Lipinski definition) is 4. The lowest BCUT2D eigenvalue weighted by atomic mass is 9.99. The summed E-state index contributed by atoms with van der Waals surface area (Å²) in [4.78, 5) is 39.1. The van der Waals surface area contributed by atoms with E-state index in [2.05, 4.69) is 0 Å². The maximum Gasteiger partial charge on any atom is 0.254 e. The van der Waals surface area contributed by atoms with Crippen LogP contribution in [0.15, 0.2) is 0 Å². The summed E-state index contributed by atoms with van der Waals surface area (Å²) in [5, 5.41) is 0.727. The maximum absolute atomic E-state index is 11.3. The molecule has 0 N–H and O–H groups in total. The SMILES string of the molecule is CCC(C)(ON1C(=O)CCC1=O)C(C)=O. The van der Waals surface area contributed by atoms with Crippen LogP contribution in [0.4, 0.5) is 0 Å². The minimum Gasteiger partial charge on any atom is -0.297 e. The Morgan fingerprint density at radius 2 is 1.87 bits per heavy atom. The lowest BCUT2D eigenvalue weighted by molar-refractivity contribution is -0.224. The predicted molar refractivity (Wildman–Crippen MR) is 51.5 cm³/mol. The normalized spacial score (nSPS) is 20.6. The van der Waals surface area contributed by atoms with Gasteiger partial charge in [0.1, 0.15) is 0 Å². The van der Waals surface area contributed by atoms with Crippen molar-refractivity contribution < 1.29 is 19.2 Å². The van der Waals surface area contributed by atoms with Gasteiger partial charge in [0.2, 0.25) is 0 Å². The monoisotopic (exact) mass is 213 g/mol. The molecule has 0 aromatic carbocycles. The van der Waals surface area contributed by atoms with Crippen LogP contribution in [-0.4, -0.2) is 28.3 Å². The van der Waals surface area contributed by atoms with E-state index in [-0.39, 0.29) is 30.4 Å². The molecule has 15 heavy (non-hydrogen) atoms. The van der Waals surface area contributed by atoms with Gasteiger partial charge in [0.25, 0.3) is 11.8 Å². The van der Waals surface area contributed by atoms with Gasteiger partial charge in [-0.2, -0.15) is 5.06 Å². The van der Waals surface area contributed by atoms with E-state index in [0.29, 0.717) is 6.42 Å². The van der Waals surface area contributed by atoms with Gasteiger partial charge in [-0.15, -0.1) is 0 Å². The van der Waals surface area contributed by atoms with Gasteiger partial charge in [-0.3, -0.25) is 14.4 Å².